The molecule has 2 aromatic carbocycles. The van der Waals surface area contributed by atoms with E-state index >= 15 is 0 Å². The Labute approximate surface area is 148 Å². The summed E-state index contributed by atoms with van der Waals surface area (Å²) in [4.78, 5) is 16.4. The second-order valence-corrected chi connectivity index (χ2v) is 6.48. The van der Waals surface area contributed by atoms with Gasteiger partial charge in [0.2, 0.25) is 0 Å². The number of carbonyl (C=O) groups excluding carboxylic acids is 1. The van der Waals surface area contributed by atoms with Gasteiger partial charge in [0.15, 0.2) is 0 Å². The van der Waals surface area contributed by atoms with Crippen molar-refractivity contribution in [3.05, 3.63) is 74.9 Å². The Hall–Kier alpha value is -1.91. The number of aryl methyl sites for hydroxylation is 1. The molecule has 2 aromatic rings. The lowest BCUT2D eigenvalue weighted by Gasteiger charge is -2.01. The van der Waals surface area contributed by atoms with Gasteiger partial charge in [-0.15, -0.1) is 0 Å². The molecule has 0 aromatic heterocycles. The topological polar surface area (TPSA) is 41.5 Å². The summed E-state index contributed by atoms with van der Waals surface area (Å²) in [6.07, 6.45) is 3.27. The molecule has 1 aliphatic heterocycles. The summed E-state index contributed by atoms with van der Waals surface area (Å²) in [5.41, 5.74) is 2.53. The molecule has 0 bridgehead atoms. The van der Waals surface area contributed by atoms with Crippen LogP contribution in [0.2, 0.25) is 5.02 Å². The number of aliphatic imine (C=N–C) groups is 1. The summed E-state index contributed by atoms with van der Waals surface area (Å²) in [6.45, 7) is 0. The molecule has 0 atom stereocenters. The van der Waals surface area contributed by atoms with Crippen molar-refractivity contribution in [1.82, 2.24) is 5.32 Å². The van der Waals surface area contributed by atoms with E-state index in [2.05, 4.69) is 26.2 Å². The first kappa shape index (κ1) is 16.0. The van der Waals surface area contributed by atoms with Crippen LogP contribution >= 0.6 is 27.5 Å². The standard InChI is InChI=1S/C18H14BrClN2O/c19-15-4-2-1-3-13(15)11-16-18(23)22-17(21-16)10-7-12-5-8-14(20)9-6-12/h1-6,8-9,11H,7,10H2,(H,21,22,23)/b16-11-. The first-order valence-electron chi connectivity index (χ1n) is 7.21. The molecule has 0 aliphatic carbocycles. The first-order valence-corrected chi connectivity index (χ1v) is 8.38. The van der Waals surface area contributed by atoms with Gasteiger partial charge in [-0.1, -0.05) is 57.9 Å². The van der Waals surface area contributed by atoms with Gasteiger partial charge in [0.05, 0.1) is 0 Å². The van der Waals surface area contributed by atoms with Crippen molar-refractivity contribution >= 4 is 45.3 Å². The van der Waals surface area contributed by atoms with E-state index in [1.807, 2.05) is 48.5 Å². The highest BCUT2D eigenvalue weighted by Crippen LogP contribution is 2.21. The zero-order chi connectivity index (χ0) is 16.2. The fraction of sp³-hybridized carbons (Fsp3) is 0.111. The third-order valence-corrected chi connectivity index (χ3v) is 4.48. The molecule has 3 nitrogen and oxygen atoms in total. The number of nitrogens with zero attached hydrogens (tertiary/aromatic N) is 1. The van der Waals surface area contributed by atoms with Crippen LogP contribution < -0.4 is 5.32 Å². The van der Waals surface area contributed by atoms with Crippen LogP contribution in [0.4, 0.5) is 0 Å². The van der Waals surface area contributed by atoms with Crippen LogP contribution in [0.3, 0.4) is 0 Å². The number of nitrogens with one attached hydrogen (secondary N) is 1. The van der Waals surface area contributed by atoms with Crippen molar-refractivity contribution < 1.29 is 4.79 Å². The zero-order valence-electron chi connectivity index (χ0n) is 12.2. The largest absolute Gasteiger partial charge is 0.309 e. The molecule has 0 unspecified atom stereocenters. The fourth-order valence-corrected chi connectivity index (χ4v) is 2.81. The summed E-state index contributed by atoms with van der Waals surface area (Å²) in [5.74, 6) is 0.537. The van der Waals surface area contributed by atoms with Gasteiger partial charge in [-0.25, -0.2) is 4.99 Å². The van der Waals surface area contributed by atoms with Crippen LogP contribution in [0.25, 0.3) is 6.08 Å². The normalized spacial score (nSPS) is 15.7. The monoisotopic (exact) mass is 388 g/mol. The number of amidine groups is 1. The Morgan fingerprint density at radius 1 is 1.09 bits per heavy atom. The molecule has 1 amide bonds. The number of hydrogen-bond acceptors (Lipinski definition) is 2. The van der Waals surface area contributed by atoms with Crippen molar-refractivity contribution in [2.45, 2.75) is 12.8 Å². The lowest BCUT2D eigenvalue weighted by atomic mass is 10.1. The highest BCUT2D eigenvalue weighted by Gasteiger charge is 2.19. The van der Waals surface area contributed by atoms with E-state index in [9.17, 15) is 4.79 Å². The maximum absolute atomic E-state index is 12.0. The van der Waals surface area contributed by atoms with Crippen LogP contribution in [0.15, 0.2) is 63.7 Å². The number of amides is 1. The van der Waals surface area contributed by atoms with Gasteiger partial charge >= 0.3 is 0 Å². The molecule has 1 heterocycles. The minimum Gasteiger partial charge on any atom is -0.309 e. The Bertz CT molecular complexity index is 797. The average Bonchev–Trinajstić information content (AvgIpc) is 2.89. The molecule has 3 rings (SSSR count). The van der Waals surface area contributed by atoms with Gasteiger partial charge in [0.25, 0.3) is 5.91 Å². The summed E-state index contributed by atoms with van der Waals surface area (Å²) < 4.78 is 0.935. The molecule has 0 saturated heterocycles. The second kappa shape index (κ2) is 7.11. The highest BCUT2D eigenvalue weighted by atomic mass is 79.9. The number of carbonyl (C=O) groups is 1. The second-order valence-electron chi connectivity index (χ2n) is 5.19. The summed E-state index contributed by atoms with van der Waals surface area (Å²) >= 11 is 9.35. The number of halogens is 2. The lowest BCUT2D eigenvalue weighted by Crippen LogP contribution is -2.24. The van der Waals surface area contributed by atoms with E-state index in [0.29, 0.717) is 18.0 Å². The predicted molar refractivity (Wildman–Crippen MR) is 97.5 cm³/mol. The summed E-state index contributed by atoms with van der Waals surface area (Å²) in [5, 5.41) is 3.55. The molecule has 0 fully saturated rings. The van der Waals surface area contributed by atoms with Crippen LogP contribution in [-0.2, 0) is 11.2 Å². The first-order chi connectivity index (χ1) is 11.1. The molecule has 5 heteroatoms. The molecule has 23 heavy (non-hydrogen) atoms. The maximum Gasteiger partial charge on any atom is 0.275 e. The third-order valence-electron chi connectivity index (χ3n) is 3.51. The smallest absolute Gasteiger partial charge is 0.275 e. The minimum absolute atomic E-state index is 0.160. The Morgan fingerprint density at radius 3 is 2.57 bits per heavy atom. The predicted octanol–water partition coefficient (Wildman–Crippen LogP) is 4.60. The van der Waals surface area contributed by atoms with Gasteiger partial charge in [-0.3, -0.25) is 4.79 Å². The van der Waals surface area contributed by atoms with Crippen molar-refractivity contribution in [2.24, 2.45) is 4.99 Å². The molecule has 0 radical (unpaired) electrons. The quantitative estimate of drug-likeness (QED) is 0.763. The molecule has 1 N–H and O–H groups in total. The van der Waals surface area contributed by atoms with E-state index in [1.54, 1.807) is 6.08 Å². The Kier molecular flexibility index (Phi) is 4.94. The molecule has 0 saturated carbocycles. The Morgan fingerprint density at radius 2 is 1.83 bits per heavy atom. The number of rotatable bonds is 4. The van der Waals surface area contributed by atoms with Gasteiger partial charge in [0.1, 0.15) is 11.5 Å². The van der Waals surface area contributed by atoms with Gasteiger partial charge in [-0.2, -0.15) is 0 Å². The van der Waals surface area contributed by atoms with Crippen LogP contribution in [0.5, 0.6) is 0 Å². The highest BCUT2D eigenvalue weighted by molar-refractivity contribution is 9.10. The third kappa shape index (κ3) is 4.09. The van der Waals surface area contributed by atoms with E-state index < -0.39 is 0 Å². The van der Waals surface area contributed by atoms with E-state index in [-0.39, 0.29) is 5.91 Å². The van der Waals surface area contributed by atoms with E-state index in [0.717, 1.165) is 27.0 Å². The average molecular weight is 390 g/mol. The van der Waals surface area contributed by atoms with Crippen molar-refractivity contribution in [1.29, 1.82) is 0 Å². The minimum atomic E-state index is -0.160. The van der Waals surface area contributed by atoms with E-state index in [4.69, 9.17) is 11.6 Å². The molecule has 1 aliphatic rings. The van der Waals surface area contributed by atoms with Crippen LogP contribution in [-0.4, -0.2) is 11.7 Å². The lowest BCUT2D eigenvalue weighted by molar-refractivity contribution is -0.115. The van der Waals surface area contributed by atoms with Gasteiger partial charge in [-0.05, 0) is 41.8 Å². The number of benzene rings is 2. The van der Waals surface area contributed by atoms with Crippen molar-refractivity contribution in [3.8, 4) is 0 Å². The fourth-order valence-electron chi connectivity index (χ4n) is 2.29. The van der Waals surface area contributed by atoms with Gasteiger partial charge < -0.3 is 5.32 Å². The number of hydrogen-bond donors (Lipinski definition) is 1. The Balaban J connectivity index is 1.71. The molecule has 0 spiro atoms. The zero-order valence-corrected chi connectivity index (χ0v) is 14.6. The maximum atomic E-state index is 12.0. The SMILES string of the molecule is O=C1NC(CCc2ccc(Cl)cc2)=N/C1=C\c1ccccc1Br. The molecule has 116 valence electrons. The van der Waals surface area contributed by atoms with Crippen molar-refractivity contribution in [2.75, 3.05) is 0 Å². The van der Waals surface area contributed by atoms with Gasteiger partial charge in [0, 0.05) is 15.9 Å². The summed E-state index contributed by atoms with van der Waals surface area (Å²) in [7, 11) is 0. The van der Waals surface area contributed by atoms with Crippen LogP contribution in [0.1, 0.15) is 17.5 Å². The summed E-state index contributed by atoms with van der Waals surface area (Å²) in [6, 6.07) is 15.4. The van der Waals surface area contributed by atoms with Crippen molar-refractivity contribution in [3.63, 3.8) is 0 Å². The van der Waals surface area contributed by atoms with E-state index in [1.165, 1.54) is 0 Å². The van der Waals surface area contributed by atoms with Crippen LogP contribution in [0, 0.1) is 0 Å². The molecular weight excluding hydrogens is 376 g/mol. The molecular formula is C18H14BrClN2O.